The van der Waals surface area contributed by atoms with Crippen LogP contribution in [0, 0.1) is 5.92 Å². The Kier molecular flexibility index (Phi) is 3.19. The van der Waals surface area contributed by atoms with Crippen LogP contribution in [-0.4, -0.2) is 28.6 Å². The van der Waals surface area contributed by atoms with Gasteiger partial charge in [0.25, 0.3) is 0 Å². The molecule has 0 saturated heterocycles. The molecular weight excluding hydrogens is 240 g/mol. The van der Waals surface area contributed by atoms with E-state index in [0.717, 1.165) is 18.0 Å². The number of benzene rings is 1. The Morgan fingerprint density at radius 2 is 2.05 bits per heavy atom. The molecule has 3 N–H and O–H groups in total. The van der Waals surface area contributed by atoms with Gasteiger partial charge in [0.15, 0.2) is 0 Å². The van der Waals surface area contributed by atoms with Crippen LogP contribution < -0.4 is 5.73 Å². The molecule has 4 heteroatoms. The number of hydrogen-bond acceptors (Lipinski definition) is 3. The molecule has 1 aromatic carbocycles. The monoisotopic (exact) mass is 260 g/mol. The van der Waals surface area contributed by atoms with Gasteiger partial charge in [0.05, 0.1) is 5.56 Å². The maximum Gasteiger partial charge on any atom is 0.338 e. The maximum absolute atomic E-state index is 11.3. The van der Waals surface area contributed by atoms with Crippen LogP contribution >= 0.6 is 0 Å². The van der Waals surface area contributed by atoms with Crippen molar-refractivity contribution in [1.82, 2.24) is 4.90 Å². The summed E-state index contributed by atoms with van der Waals surface area (Å²) in [5.74, 6) is -0.0924. The quantitative estimate of drug-likeness (QED) is 0.770. The number of hydrogen-bond donors (Lipinski definition) is 2. The summed E-state index contributed by atoms with van der Waals surface area (Å²) < 4.78 is 0. The molecule has 2 fully saturated rings. The van der Waals surface area contributed by atoms with Gasteiger partial charge in [-0.3, -0.25) is 4.90 Å². The second kappa shape index (κ2) is 4.85. The highest BCUT2D eigenvalue weighted by atomic mass is 16.4. The van der Waals surface area contributed by atoms with E-state index in [-0.39, 0.29) is 5.56 Å². The van der Waals surface area contributed by atoms with Crippen molar-refractivity contribution in [2.45, 2.75) is 38.3 Å². The predicted octanol–water partition coefficient (Wildman–Crippen LogP) is 2.34. The van der Waals surface area contributed by atoms with Crippen LogP contribution in [0.1, 0.15) is 41.6 Å². The Bertz CT molecular complexity index is 493. The first-order valence-electron chi connectivity index (χ1n) is 7.00. The van der Waals surface area contributed by atoms with Crippen molar-refractivity contribution in [3.8, 4) is 0 Å². The van der Waals surface area contributed by atoms with Gasteiger partial charge in [-0.25, -0.2) is 4.79 Å². The molecular formula is C15H20N2O2. The van der Waals surface area contributed by atoms with Gasteiger partial charge in [0.2, 0.25) is 0 Å². The highest BCUT2D eigenvalue weighted by molar-refractivity contribution is 5.95. The number of nitrogen functional groups attached to an aromatic ring is 1. The van der Waals surface area contributed by atoms with Crippen molar-refractivity contribution in [3.63, 3.8) is 0 Å². The summed E-state index contributed by atoms with van der Waals surface area (Å²) in [5.41, 5.74) is 7.30. The molecule has 1 aromatic rings. The van der Waals surface area contributed by atoms with Crippen molar-refractivity contribution in [2.24, 2.45) is 5.92 Å². The van der Waals surface area contributed by atoms with Gasteiger partial charge in [-0.15, -0.1) is 0 Å². The predicted molar refractivity (Wildman–Crippen MR) is 74.0 cm³/mol. The van der Waals surface area contributed by atoms with Crippen LogP contribution in [-0.2, 0) is 6.54 Å². The molecule has 2 aliphatic carbocycles. The third-order valence-electron chi connectivity index (χ3n) is 4.02. The van der Waals surface area contributed by atoms with Crippen LogP contribution in [0.15, 0.2) is 18.2 Å². The van der Waals surface area contributed by atoms with E-state index in [4.69, 9.17) is 5.73 Å². The molecule has 0 aliphatic heterocycles. The molecule has 0 radical (unpaired) electrons. The fourth-order valence-electron chi connectivity index (χ4n) is 2.65. The van der Waals surface area contributed by atoms with Crippen molar-refractivity contribution in [3.05, 3.63) is 29.3 Å². The van der Waals surface area contributed by atoms with Crippen LogP contribution in [0.2, 0.25) is 0 Å². The van der Waals surface area contributed by atoms with Gasteiger partial charge in [-0.2, -0.15) is 0 Å². The average molecular weight is 260 g/mol. The number of nitrogens with two attached hydrogens (primary N) is 1. The number of carbonyl (C=O) groups is 1. The van der Waals surface area contributed by atoms with Gasteiger partial charge >= 0.3 is 5.97 Å². The highest BCUT2D eigenvalue weighted by Crippen LogP contribution is 2.36. The standard InChI is InChI=1S/C15H20N2O2/c16-13-3-1-2-11(14(13)15(18)19)9-17(12-6-7-12)8-10-4-5-10/h1-3,10,12H,4-9,16H2,(H,18,19). The SMILES string of the molecule is Nc1cccc(CN(CC2CC2)C2CC2)c1C(=O)O. The third kappa shape index (κ3) is 2.89. The summed E-state index contributed by atoms with van der Waals surface area (Å²) in [7, 11) is 0. The Hall–Kier alpha value is -1.55. The van der Waals surface area contributed by atoms with Crippen molar-refractivity contribution in [2.75, 3.05) is 12.3 Å². The normalized spacial score (nSPS) is 18.8. The summed E-state index contributed by atoms with van der Waals surface area (Å²) in [5, 5.41) is 9.31. The first-order chi connectivity index (χ1) is 9.15. The molecule has 4 nitrogen and oxygen atoms in total. The minimum atomic E-state index is -0.921. The van der Waals surface area contributed by atoms with Crippen LogP contribution in [0.4, 0.5) is 5.69 Å². The van der Waals surface area contributed by atoms with E-state index in [1.54, 1.807) is 6.07 Å². The summed E-state index contributed by atoms with van der Waals surface area (Å²) >= 11 is 0. The lowest BCUT2D eigenvalue weighted by Gasteiger charge is -2.23. The second-order valence-electron chi connectivity index (χ2n) is 5.79. The van der Waals surface area contributed by atoms with Gasteiger partial charge < -0.3 is 10.8 Å². The molecule has 3 rings (SSSR count). The van der Waals surface area contributed by atoms with Gasteiger partial charge in [0, 0.05) is 24.8 Å². The molecule has 0 unspecified atom stereocenters. The first-order valence-corrected chi connectivity index (χ1v) is 7.00. The first kappa shape index (κ1) is 12.5. The van der Waals surface area contributed by atoms with E-state index >= 15 is 0 Å². The van der Waals surface area contributed by atoms with E-state index in [0.29, 0.717) is 18.3 Å². The molecule has 0 bridgehead atoms. The largest absolute Gasteiger partial charge is 0.478 e. The molecule has 0 atom stereocenters. The molecule has 0 amide bonds. The molecule has 2 saturated carbocycles. The zero-order chi connectivity index (χ0) is 13.4. The minimum absolute atomic E-state index is 0.281. The fourth-order valence-corrected chi connectivity index (χ4v) is 2.65. The van der Waals surface area contributed by atoms with Gasteiger partial charge in [-0.1, -0.05) is 12.1 Å². The lowest BCUT2D eigenvalue weighted by atomic mass is 10.0. The number of aromatic carboxylic acids is 1. The summed E-state index contributed by atoms with van der Waals surface area (Å²) in [6.07, 6.45) is 5.15. The van der Waals surface area contributed by atoms with E-state index in [1.165, 1.54) is 25.7 Å². The van der Waals surface area contributed by atoms with Gasteiger partial charge in [-0.05, 0) is 43.2 Å². The minimum Gasteiger partial charge on any atom is -0.478 e. The smallest absolute Gasteiger partial charge is 0.338 e. The molecule has 2 aliphatic rings. The van der Waals surface area contributed by atoms with E-state index in [2.05, 4.69) is 4.90 Å². The van der Waals surface area contributed by atoms with Crippen LogP contribution in [0.5, 0.6) is 0 Å². The highest BCUT2D eigenvalue weighted by Gasteiger charge is 2.34. The average Bonchev–Trinajstić information content (AvgIpc) is 3.22. The number of nitrogens with zero attached hydrogens (tertiary/aromatic N) is 1. The Morgan fingerprint density at radius 1 is 1.32 bits per heavy atom. The zero-order valence-corrected chi connectivity index (χ0v) is 11.0. The summed E-state index contributed by atoms with van der Waals surface area (Å²) in [6, 6.07) is 6.06. The number of anilines is 1. The number of rotatable bonds is 6. The lowest BCUT2D eigenvalue weighted by Crippen LogP contribution is -2.28. The Balaban J connectivity index is 1.80. The number of carboxylic acid groups (broad SMARTS) is 1. The molecule has 19 heavy (non-hydrogen) atoms. The Morgan fingerprint density at radius 3 is 2.63 bits per heavy atom. The number of carboxylic acids is 1. The third-order valence-corrected chi connectivity index (χ3v) is 4.02. The van der Waals surface area contributed by atoms with Crippen molar-refractivity contribution in [1.29, 1.82) is 0 Å². The fraction of sp³-hybridized carbons (Fsp3) is 0.533. The zero-order valence-electron chi connectivity index (χ0n) is 11.0. The summed E-state index contributed by atoms with van der Waals surface area (Å²) in [6.45, 7) is 1.83. The molecule has 102 valence electrons. The van der Waals surface area contributed by atoms with E-state index in [9.17, 15) is 9.90 Å². The molecule has 0 aromatic heterocycles. The topological polar surface area (TPSA) is 66.6 Å². The van der Waals surface area contributed by atoms with Crippen LogP contribution in [0.3, 0.4) is 0 Å². The van der Waals surface area contributed by atoms with E-state index < -0.39 is 5.97 Å². The van der Waals surface area contributed by atoms with Gasteiger partial charge in [0.1, 0.15) is 0 Å². The summed E-state index contributed by atoms with van der Waals surface area (Å²) in [4.78, 5) is 13.8. The van der Waals surface area contributed by atoms with Crippen LogP contribution in [0.25, 0.3) is 0 Å². The second-order valence-corrected chi connectivity index (χ2v) is 5.79. The maximum atomic E-state index is 11.3. The van der Waals surface area contributed by atoms with Crippen molar-refractivity contribution >= 4 is 11.7 Å². The Labute approximate surface area is 113 Å². The molecule has 0 heterocycles. The van der Waals surface area contributed by atoms with E-state index in [1.807, 2.05) is 12.1 Å². The lowest BCUT2D eigenvalue weighted by molar-refractivity contribution is 0.0695. The van der Waals surface area contributed by atoms with Crippen molar-refractivity contribution < 1.29 is 9.90 Å². The molecule has 0 spiro atoms.